The maximum absolute atomic E-state index is 5.23. The second kappa shape index (κ2) is 6.96. The normalized spacial score (nSPS) is 19.0. The highest BCUT2D eigenvalue weighted by atomic mass is 16.5. The van der Waals surface area contributed by atoms with Crippen molar-refractivity contribution in [2.45, 2.75) is 52.5 Å². The van der Waals surface area contributed by atoms with Crippen LogP contribution < -0.4 is 0 Å². The highest BCUT2D eigenvalue weighted by Crippen LogP contribution is 2.31. The molecular formula is C20H32N4O. The molecule has 3 rings (SSSR count). The molecule has 5 heteroatoms. The molecular weight excluding hydrogens is 312 g/mol. The van der Waals surface area contributed by atoms with Crippen LogP contribution in [-0.2, 0) is 10.2 Å². The summed E-state index contributed by atoms with van der Waals surface area (Å²) in [6.45, 7) is 15.1. The van der Waals surface area contributed by atoms with E-state index in [-0.39, 0.29) is 5.41 Å². The van der Waals surface area contributed by atoms with E-state index in [1.165, 1.54) is 17.1 Å². The van der Waals surface area contributed by atoms with Gasteiger partial charge in [-0.05, 0) is 32.4 Å². The van der Waals surface area contributed by atoms with Gasteiger partial charge in [0.1, 0.15) is 0 Å². The third-order valence-corrected chi connectivity index (χ3v) is 5.20. The van der Waals surface area contributed by atoms with Crippen molar-refractivity contribution >= 4 is 0 Å². The average Bonchev–Trinajstić information content (AvgIpc) is 3.23. The van der Waals surface area contributed by atoms with E-state index >= 15 is 0 Å². The number of nitrogens with zero attached hydrogens (tertiary/aromatic N) is 4. The molecule has 3 heterocycles. The van der Waals surface area contributed by atoms with E-state index in [0.717, 1.165) is 38.5 Å². The first-order valence-corrected chi connectivity index (χ1v) is 9.28. The molecule has 0 N–H and O–H groups in total. The fourth-order valence-corrected chi connectivity index (χ4v) is 3.79. The SMILES string of the molecule is COCCN1CC[C@H](n2nc(-n3c(C)ccc3C)cc2C(C)(C)C)C1. The van der Waals surface area contributed by atoms with Gasteiger partial charge in [-0.2, -0.15) is 5.10 Å². The van der Waals surface area contributed by atoms with E-state index in [2.05, 4.69) is 67.0 Å². The average molecular weight is 345 g/mol. The number of hydrogen-bond donors (Lipinski definition) is 0. The molecule has 0 unspecified atom stereocenters. The van der Waals surface area contributed by atoms with Crippen molar-refractivity contribution in [2.24, 2.45) is 0 Å². The minimum absolute atomic E-state index is 0.0696. The molecule has 1 aliphatic heterocycles. The summed E-state index contributed by atoms with van der Waals surface area (Å²) < 4.78 is 9.78. The number of methoxy groups -OCH3 is 1. The summed E-state index contributed by atoms with van der Waals surface area (Å²) >= 11 is 0. The van der Waals surface area contributed by atoms with Crippen molar-refractivity contribution in [3.63, 3.8) is 0 Å². The van der Waals surface area contributed by atoms with Crippen LogP contribution in [0.1, 0.15) is 50.3 Å². The summed E-state index contributed by atoms with van der Waals surface area (Å²) in [5, 5.41) is 5.06. The molecule has 2 aromatic heterocycles. The Morgan fingerprint density at radius 1 is 1.20 bits per heavy atom. The lowest BCUT2D eigenvalue weighted by molar-refractivity contribution is 0.158. The molecule has 138 valence electrons. The largest absolute Gasteiger partial charge is 0.383 e. The number of ether oxygens (including phenoxy) is 1. The second-order valence-corrected chi connectivity index (χ2v) is 8.27. The molecule has 0 spiro atoms. The molecule has 0 radical (unpaired) electrons. The molecule has 25 heavy (non-hydrogen) atoms. The van der Waals surface area contributed by atoms with Crippen LogP contribution in [0.3, 0.4) is 0 Å². The summed E-state index contributed by atoms with van der Waals surface area (Å²) in [5.41, 5.74) is 3.85. The Morgan fingerprint density at radius 2 is 1.88 bits per heavy atom. The summed E-state index contributed by atoms with van der Waals surface area (Å²) in [7, 11) is 1.77. The smallest absolute Gasteiger partial charge is 0.159 e. The summed E-state index contributed by atoms with van der Waals surface area (Å²) in [6.07, 6.45) is 1.15. The van der Waals surface area contributed by atoms with Crippen molar-refractivity contribution in [1.82, 2.24) is 19.2 Å². The van der Waals surface area contributed by atoms with E-state index in [1.807, 2.05) is 0 Å². The number of likely N-dealkylation sites (tertiary alicyclic amines) is 1. The van der Waals surface area contributed by atoms with Gasteiger partial charge in [0.2, 0.25) is 0 Å². The first-order chi connectivity index (χ1) is 11.8. The van der Waals surface area contributed by atoms with Crippen LogP contribution in [0.15, 0.2) is 18.2 Å². The van der Waals surface area contributed by atoms with Gasteiger partial charge >= 0.3 is 0 Å². The van der Waals surface area contributed by atoms with Crippen molar-refractivity contribution in [2.75, 3.05) is 33.4 Å². The molecule has 0 bridgehead atoms. The molecule has 5 nitrogen and oxygen atoms in total. The fraction of sp³-hybridized carbons (Fsp3) is 0.650. The Hall–Kier alpha value is -1.59. The first-order valence-electron chi connectivity index (χ1n) is 9.28. The fourth-order valence-electron chi connectivity index (χ4n) is 3.79. The summed E-state index contributed by atoms with van der Waals surface area (Å²) in [4.78, 5) is 2.48. The van der Waals surface area contributed by atoms with Gasteiger partial charge in [-0.25, -0.2) is 0 Å². The first kappa shape index (κ1) is 18.2. The Bertz CT molecular complexity index is 703. The minimum Gasteiger partial charge on any atom is -0.383 e. The van der Waals surface area contributed by atoms with Crippen LogP contribution in [0, 0.1) is 13.8 Å². The Labute approximate surface area is 151 Å². The number of rotatable bonds is 5. The highest BCUT2D eigenvalue weighted by molar-refractivity contribution is 5.35. The van der Waals surface area contributed by atoms with E-state index in [4.69, 9.17) is 9.84 Å². The van der Waals surface area contributed by atoms with Gasteiger partial charge in [-0.1, -0.05) is 20.8 Å². The third-order valence-electron chi connectivity index (χ3n) is 5.20. The van der Waals surface area contributed by atoms with Gasteiger partial charge < -0.3 is 9.30 Å². The lowest BCUT2D eigenvalue weighted by atomic mass is 9.91. The molecule has 1 fully saturated rings. The topological polar surface area (TPSA) is 35.2 Å². The quantitative estimate of drug-likeness (QED) is 0.833. The van der Waals surface area contributed by atoms with Crippen molar-refractivity contribution in [3.05, 3.63) is 35.3 Å². The van der Waals surface area contributed by atoms with Gasteiger partial charge in [-0.3, -0.25) is 9.58 Å². The zero-order chi connectivity index (χ0) is 18.2. The van der Waals surface area contributed by atoms with E-state index < -0.39 is 0 Å². The van der Waals surface area contributed by atoms with Crippen LogP contribution in [0.25, 0.3) is 5.82 Å². The Kier molecular flexibility index (Phi) is 5.07. The van der Waals surface area contributed by atoms with Crippen LogP contribution >= 0.6 is 0 Å². The van der Waals surface area contributed by atoms with Gasteiger partial charge in [0.15, 0.2) is 5.82 Å². The van der Waals surface area contributed by atoms with Crippen LogP contribution in [-0.4, -0.2) is 52.6 Å². The molecule has 0 amide bonds. The molecule has 1 aliphatic rings. The molecule has 0 aromatic carbocycles. The molecule has 0 aliphatic carbocycles. The number of aryl methyl sites for hydroxylation is 2. The predicted octanol–water partition coefficient (Wildman–Crippen LogP) is 3.48. The standard InChI is InChI=1S/C20H32N4O/c1-15-7-8-16(2)23(15)19-13-18(20(3,4)5)24(21-19)17-9-10-22(14-17)11-12-25-6/h7-8,13,17H,9-12,14H2,1-6H3/t17-/m0/s1. The van der Waals surface area contributed by atoms with E-state index in [1.54, 1.807) is 7.11 Å². The maximum Gasteiger partial charge on any atom is 0.159 e. The van der Waals surface area contributed by atoms with Gasteiger partial charge in [-0.15, -0.1) is 0 Å². The summed E-state index contributed by atoms with van der Waals surface area (Å²) in [5.74, 6) is 1.04. The molecule has 0 saturated carbocycles. The highest BCUT2D eigenvalue weighted by Gasteiger charge is 2.30. The van der Waals surface area contributed by atoms with Crippen molar-refractivity contribution in [3.8, 4) is 5.82 Å². The monoisotopic (exact) mass is 344 g/mol. The Balaban J connectivity index is 1.94. The molecule has 1 saturated heterocycles. The molecule has 1 atom stereocenters. The van der Waals surface area contributed by atoms with Crippen molar-refractivity contribution in [1.29, 1.82) is 0 Å². The Morgan fingerprint density at radius 3 is 2.48 bits per heavy atom. The van der Waals surface area contributed by atoms with E-state index in [0.29, 0.717) is 6.04 Å². The third kappa shape index (κ3) is 3.67. The van der Waals surface area contributed by atoms with E-state index in [9.17, 15) is 0 Å². The lowest BCUT2D eigenvalue weighted by Gasteiger charge is -2.23. The van der Waals surface area contributed by atoms with Gasteiger partial charge in [0, 0.05) is 55.3 Å². The van der Waals surface area contributed by atoms with Crippen LogP contribution in [0.5, 0.6) is 0 Å². The second-order valence-electron chi connectivity index (χ2n) is 8.27. The zero-order valence-electron chi connectivity index (χ0n) is 16.5. The summed E-state index contributed by atoms with van der Waals surface area (Å²) in [6, 6.07) is 7.04. The predicted molar refractivity (Wildman–Crippen MR) is 102 cm³/mol. The minimum atomic E-state index is 0.0696. The van der Waals surface area contributed by atoms with Crippen molar-refractivity contribution < 1.29 is 4.74 Å². The number of aromatic nitrogens is 3. The van der Waals surface area contributed by atoms with Crippen LogP contribution in [0.2, 0.25) is 0 Å². The maximum atomic E-state index is 5.23. The van der Waals surface area contributed by atoms with Gasteiger partial charge in [0.25, 0.3) is 0 Å². The molecule has 2 aromatic rings. The number of hydrogen-bond acceptors (Lipinski definition) is 3. The lowest BCUT2D eigenvalue weighted by Crippen LogP contribution is -2.27. The van der Waals surface area contributed by atoms with Crippen LogP contribution in [0.4, 0.5) is 0 Å². The van der Waals surface area contributed by atoms with Gasteiger partial charge in [0.05, 0.1) is 12.6 Å². The zero-order valence-corrected chi connectivity index (χ0v) is 16.5.